The molecule has 0 aliphatic carbocycles. The highest BCUT2D eigenvalue weighted by atomic mass is 16.5. The van der Waals surface area contributed by atoms with Crippen LogP contribution < -0.4 is 10.1 Å². The Kier molecular flexibility index (Phi) is 5.04. The first-order valence-corrected chi connectivity index (χ1v) is 8.56. The van der Waals surface area contributed by atoms with Crippen molar-refractivity contribution >= 4 is 11.8 Å². The lowest BCUT2D eigenvalue weighted by Gasteiger charge is -2.36. The van der Waals surface area contributed by atoms with Gasteiger partial charge in [-0.3, -0.25) is 9.59 Å². The van der Waals surface area contributed by atoms with Gasteiger partial charge in [-0.2, -0.15) is 0 Å². The Balaban J connectivity index is 1.59. The third-order valence-electron chi connectivity index (χ3n) is 4.89. The van der Waals surface area contributed by atoms with Gasteiger partial charge in [0, 0.05) is 31.7 Å². The number of nitrogens with one attached hydrogen (secondary N) is 1. The zero-order valence-corrected chi connectivity index (χ0v) is 14.4. The average Bonchev–Trinajstić information content (AvgIpc) is 3.16. The Morgan fingerprint density at radius 1 is 1.17 bits per heavy atom. The molecule has 1 atom stereocenters. The Morgan fingerprint density at radius 2 is 1.88 bits per heavy atom. The van der Waals surface area contributed by atoms with E-state index in [2.05, 4.69) is 5.32 Å². The van der Waals surface area contributed by atoms with E-state index >= 15 is 0 Å². The summed E-state index contributed by atoms with van der Waals surface area (Å²) in [7, 11) is 1.61. The number of benzene rings is 1. The van der Waals surface area contributed by atoms with Crippen molar-refractivity contribution in [3.05, 3.63) is 29.3 Å². The Bertz CT molecular complexity index is 618. The van der Waals surface area contributed by atoms with E-state index in [-0.39, 0.29) is 17.9 Å². The minimum Gasteiger partial charge on any atom is -0.496 e. The summed E-state index contributed by atoms with van der Waals surface area (Å²) in [5.41, 5.74) is 1.64. The molecule has 1 unspecified atom stereocenters. The normalized spacial score (nSPS) is 21.0. The van der Waals surface area contributed by atoms with Crippen LogP contribution in [-0.4, -0.2) is 67.5 Å². The minimum atomic E-state index is -0.0337. The maximum absolute atomic E-state index is 12.7. The summed E-state index contributed by atoms with van der Waals surface area (Å²) in [6, 6.07) is 5.49. The predicted molar refractivity (Wildman–Crippen MR) is 91.2 cm³/mol. The van der Waals surface area contributed by atoms with Crippen LogP contribution in [0.2, 0.25) is 0 Å². The summed E-state index contributed by atoms with van der Waals surface area (Å²) in [5, 5.41) is 3.25. The van der Waals surface area contributed by atoms with Gasteiger partial charge in [0.15, 0.2) is 0 Å². The van der Waals surface area contributed by atoms with Crippen LogP contribution in [0.25, 0.3) is 0 Å². The molecule has 1 N–H and O–H groups in total. The van der Waals surface area contributed by atoms with Crippen molar-refractivity contribution in [2.45, 2.75) is 25.8 Å². The topological polar surface area (TPSA) is 61.9 Å². The molecule has 6 nitrogen and oxygen atoms in total. The van der Waals surface area contributed by atoms with Gasteiger partial charge in [-0.25, -0.2) is 0 Å². The molecule has 1 aromatic rings. The lowest BCUT2D eigenvalue weighted by molar-refractivity contribution is -0.134. The smallest absolute Gasteiger partial charge is 0.254 e. The fourth-order valence-electron chi connectivity index (χ4n) is 3.38. The fourth-order valence-corrected chi connectivity index (χ4v) is 3.38. The zero-order valence-electron chi connectivity index (χ0n) is 14.4. The van der Waals surface area contributed by atoms with E-state index in [4.69, 9.17) is 4.74 Å². The summed E-state index contributed by atoms with van der Waals surface area (Å²) in [6.07, 6.45) is 1.98. The quantitative estimate of drug-likeness (QED) is 0.899. The molecular weight excluding hydrogens is 306 g/mol. The molecule has 2 amide bonds. The summed E-state index contributed by atoms with van der Waals surface area (Å²) in [6.45, 7) is 5.23. The van der Waals surface area contributed by atoms with Gasteiger partial charge in [-0.15, -0.1) is 0 Å². The summed E-state index contributed by atoms with van der Waals surface area (Å²) in [5.74, 6) is 0.901. The second-order valence-corrected chi connectivity index (χ2v) is 6.45. The SMILES string of the molecule is COc1cc(C(=O)N2CCN(C(=O)C3CCCN3)CC2)ccc1C. The maximum atomic E-state index is 12.7. The van der Waals surface area contributed by atoms with Crippen LogP contribution >= 0.6 is 0 Å². The molecule has 130 valence electrons. The number of carbonyl (C=O) groups excluding carboxylic acids is 2. The van der Waals surface area contributed by atoms with Crippen molar-refractivity contribution in [1.29, 1.82) is 0 Å². The van der Waals surface area contributed by atoms with Crippen LogP contribution in [0.1, 0.15) is 28.8 Å². The molecule has 2 heterocycles. The van der Waals surface area contributed by atoms with E-state index in [0.29, 0.717) is 31.7 Å². The van der Waals surface area contributed by atoms with Crippen molar-refractivity contribution in [2.24, 2.45) is 0 Å². The number of nitrogens with zero attached hydrogens (tertiary/aromatic N) is 2. The van der Waals surface area contributed by atoms with Crippen molar-refractivity contribution in [3.8, 4) is 5.75 Å². The van der Waals surface area contributed by atoms with Crippen LogP contribution in [0.15, 0.2) is 18.2 Å². The summed E-state index contributed by atoms with van der Waals surface area (Å²) >= 11 is 0. The fraction of sp³-hybridized carbons (Fsp3) is 0.556. The van der Waals surface area contributed by atoms with Crippen molar-refractivity contribution in [2.75, 3.05) is 39.8 Å². The summed E-state index contributed by atoms with van der Waals surface area (Å²) in [4.78, 5) is 28.8. The maximum Gasteiger partial charge on any atom is 0.254 e. The number of hydrogen-bond acceptors (Lipinski definition) is 4. The van der Waals surface area contributed by atoms with Gasteiger partial charge >= 0.3 is 0 Å². The summed E-state index contributed by atoms with van der Waals surface area (Å²) < 4.78 is 5.30. The molecule has 24 heavy (non-hydrogen) atoms. The second-order valence-electron chi connectivity index (χ2n) is 6.45. The highest BCUT2D eigenvalue weighted by molar-refractivity contribution is 5.95. The third kappa shape index (κ3) is 3.38. The van der Waals surface area contributed by atoms with Crippen LogP contribution in [0.4, 0.5) is 0 Å². The number of aryl methyl sites for hydroxylation is 1. The highest BCUT2D eigenvalue weighted by Gasteiger charge is 2.30. The molecular formula is C18H25N3O3. The number of carbonyl (C=O) groups is 2. The molecule has 0 bridgehead atoms. The van der Waals surface area contributed by atoms with Gasteiger partial charge in [0.1, 0.15) is 5.75 Å². The molecule has 2 aliphatic rings. The van der Waals surface area contributed by atoms with Gasteiger partial charge in [-0.05, 0) is 44.0 Å². The van der Waals surface area contributed by atoms with Gasteiger partial charge in [0.25, 0.3) is 5.91 Å². The average molecular weight is 331 g/mol. The Morgan fingerprint density at radius 3 is 2.50 bits per heavy atom. The van der Waals surface area contributed by atoms with E-state index in [1.807, 2.05) is 28.9 Å². The van der Waals surface area contributed by atoms with E-state index in [1.165, 1.54) is 0 Å². The standard InChI is InChI=1S/C18H25N3O3/c1-13-5-6-14(12-16(13)24-2)17(22)20-8-10-21(11-9-20)18(23)15-4-3-7-19-15/h5-6,12,15,19H,3-4,7-11H2,1-2H3. The largest absolute Gasteiger partial charge is 0.496 e. The van der Waals surface area contributed by atoms with E-state index in [1.54, 1.807) is 13.2 Å². The monoisotopic (exact) mass is 331 g/mol. The zero-order chi connectivity index (χ0) is 17.1. The van der Waals surface area contributed by atoms with Gasteiger partial charge < -0.3 is 19.9 Å². The van der Waals surface area contributed by atoms with Crippen LogP contribution in [0, 0.1) is 6.92 Å². The van der Waals surface area contributed by atoms with Gasteiger partial charge in [0.05, 0.1) is 13.2 Å². The third-order valence-corrected chi connectivity index (χ3v) is 4.89. The predicted octanol–water partition coefficient (Wildman–Crippen LogP) is 1.04. The molecule has 2 aliphatic heterocycles. The van der Waals surface area contributed by atoms with E-state index in [0.717, 1.165) is 30.7 Å². The van der Waals surface area contributed by atoms with Crippen molar-refractivity contribution in [3.63, 3.8) is 0 Å². The van der Waals surface area contributed by atoms with Crippen molar-refractivity contribution in [1.82, 2.24) is 15.1 Å². The van der Waals surface area contributed by atoms with Gasteiger partial charge in [-0.1, -0.05) is 6.07 Å². The Labute approximate surface area is 142 Å². The molecule has 0 radical (unpaired) electrons. The van der Waals surface area contributed by atoms with Crippen LogP contribution in [-0.2, 0) is 4.79 Å². The number of piperazine rings is 1. The van der Waals surface area contributed by atoms with Gasteiger partial charge in [0.2, 0.25) is 5.91 Å². The van der Waals surface area contributed by atoms with Crippen LogP contribution in [0.5, 0.6) is 5.75 Å². The first-order valence-electron chi connectivity index (χ1n) is 8.56. The number of rotatable bonds is 3. The molecule has 2 saturated heterocycles. The molecule has 1 aromatic carbocycles. The number of amides is 2. The molecule has 6 heteroatoms. The Hall–Kier alpha value is -2.08. The molecule has 2 fully saturated rings. The second kappa shape index (κ2) is 7.21. The number of hydrogen-bond donors (Lipinski definition) is 1. The lowest BCUT2D eigenvalue weighted by Crippen LogP contribution is -2.54. The molecule has 0 aromatic heterocycles. The molecule has 0 saturated carbocycles. The van der Waals surface area contributed by atoms with E-state index < -0.39 is 0 Å². The first-order chi connectivity index (χ1) is 11.6. The van der Waals surface area contributed by atoms with Crippen LogP contribution in [0.3, 0.4) is 0 Å². The molecule has 3 rings (SSSR count). The first kappa shape index (κ1) is 16.8. The molecule has 0 spiro atoms. The highest BCUT2D eigenvalue weighted by Crippen LogP contribution is 2.20. The minimum absolute atomic E-state index is 0.000564. The number of ether oxygens (including phenoxy) is 1. The lowest BCUT2D eigenvalue weighted by atomic mass is 10.1. The van der Waals surface area contributed by atoms with E-state index in [9.17, 15) is 9.59 Å². The van der Waals surface area contributed by atoms with Crippen molar-refractivity contribution < 1.29 is 14.3 Å². The number of methoxy groups -OCH3 is 1.